The summed E-state index contributed by atoms with van der Waals surface area (Å²) in [5, 5.41) is 12.0. The minimum absolute atomic E-state index is 0.0600. The van der Waals surface area contributed by atoms with Gasteiger partial charge in [0.1, 0.15) is 6.04 Å². The molecule has 1 amide bonds. The second-order valence-electron chi connectivity index (χ2n) is 6.26. The van der Waals surface area contributed by atoms with Crippen molar-refractivity contribution in [2.75, 3.05) is 13.1 Å². The predicted molar refractivity (Wildman–Crippen MR) is 78.5 cm³/mol. The van der Waals surface area contributed by atoms with E-state index in [1.54, 1.807) is 4.90 Å². The standard InChI is InChI=1S/C15H28N2O3/c1-11(2)6-4-7-12(3)16-14(18)10-17-9-5-8-13(17)15(19)20/h11-13H,4-10H2,1-3H3,(H,16,18)(H,19,20). The molecule has 0 radical (unpaired) electrons. The summed E-state index contributed by atoms with van der Waals surface area (Å²) in [6, 6.07) is -0.330. The van der Waals surface area contributed by atoms with E-state index in [9.17, 15) is 9.59 Å². The first-order chi connectivity index (χ1) is 9.40. The van der Waals surface area contributed by atoms with Crippen LogP contribution in [0.5, 0.6) is 0 Å². The van der Waals surface area contributed by atoms with E-state index in [1.807, 2.05) is 6.92 Å². The molecule has 1 heterocycles. The van der Waals surface area contributed by atoms with Crippen LogP contribution in [0.4, 0.5) is 0 Å². The number of hydrogen-bond acceptors (Lipinski definition) is 3. The molecule has 116 valence electrons. The lowest BCUT2D eigenvalue weighted by Crippen LogP contribution is -2.45. The monoisotopic (exact) mass is 284 g/mol. The number of amides is 1. The highest BCUT2D eigenvalue weighted by atomic mass is 16.4. The van der Waals surface area contributed by atoms with E-state index in [0.29, 0.717) is 18.9 Å². The molecule has 0 aromatic carbocycles. The van der Waals surface area contributed by atoms with E-state index < -0.39 is 12.0 Å². The molecule has 20 heavy (non-hydrogen) atoms. The van der Waals surface area contributed by atoms with Gasteiger partial charge in [-0.05, 0) is 38.6 Å². The molecule has 1 aliphatic rings. The smallest absolute Gasteiger partial charge is 0.320 e. The Morgan fingerprint density at radius 2 is 2.00 bits per heavy atom. The SMILES string of the molecule is CC(C)CCCC(C)NC(=O)CN1CCCC1C(=O)O. The van der Waals surface area contributed by atoms with Gasteiger partial charge in [-0.2, -0.15) is 0 Å². The molecular formula is C15H28N2O3. The molecular weight excluding hydrogens is 256 g/mol. The minimum atomic E-state index is -0.819. The number of rotatable bonds is 8. The van der Waals surface area contributed by atoms with Crippen LogP contribution < -0.4 is 5.32 Å². The van der Waals surface area contributed by atoms with Crippen LogP contribution >= 0.6 is 0 Å². The van der Waals surface area contributed by atoms with Gasteiger partial charge in [-0.15, -0.1) is 0 Å². The Morgan fingerprint density at radius 3 is 2.60 bits per heavy atom. The van der Waals surface area contributed by atoms with Gasteiger partial charge in [0, 0.05) is 6.04 Å². The predicted octanol–water partition coefficient (Wildman–Crippen LogP) is 1.87. The van der Waals surface area contributed by atoms with Gasteiger partial charge < -0.3 is 10.4 Å². The van der Waals surface area contributed by atoms with Gasteiger partial charge in [-0.3, -0.25) is 14.5 Å². The number of carboxylic acids is 1. The van der Waals surface area contributed by atoms with Crippen LogP contribution in [0.15, 0.2) is 0 Å². The zero-order valence-electron chi connectivity index (χ0n) is 12.9. The Morgan fingerprint density at radius 1 is 1.30 bits per heavy atom. The Balaban J connectivity index is 2.27. The molecule has 0 aliphatic carbocycles. The Bertz CT molecular complexity index is 331. The van der Waals surface area contributed by atoms with Gasteiger partial charge >= 0.3 is 5.97 Å². The maximum atomic E-state index is 11.9. The van der Waals surface area contributed by atoms with E-state index in [0.717, 1.165) is 19.3 Å². The molecule has 5 nitrogen and oxygen atoms in total. The summed E-state index contributed by atoms with van der Waals surface area (Å²) in [4.78, 5) is 24.7. The van der Waals surface area contributed by atoms with Crippen molar-refractivity contribution in [1.82, 2.24) is 10.2 Å². The molecule has 0 aromatic heterocycles. The van der Waals surface area contributed by atoms with Crippen LogP contribution in [0.25, 0.3) is 0 Å². The first-order valence-electron chi connectivity index (χ1n) is 7.66. The average molecular weight is 284 g/mol. The number of carboxylic acid groups (broad SMARTS) is 1. The average Bonchev–Trinajstić information content (AvgIpc) is 2.76. The van der Waals surface area contributed by atoms with Crippen LogP contribution in [0, 0.1) is 5.92 Å². The number of carbonyl (C=O) groups excluding carboxylic acids is 1. The summed E-state index contributed by atoms with van der Waals surface area (Å²) in [5.41, 5.74) is 0. The molecule has 1 fully saturated rings. The van der Waals surface area contributed by atoms with Gasteiger partial charge in [0.05, 0.1) is 6.54 Å². The first-order valence-corrected chi connectivity index (χ1v) is 7.66. The van der Waals surface area contributed by atoms with Crippen LogP contribution in [-0.4, -0.2) is 47.1 Å². The molecule has 1 saturated heterocycles. The fourth-order valence-electron chi connectivity index (χ4n) is 2.70. The topological polar surface area (TPSA) is 69.6 Å². The van der Waals surface area contributed by atoms with Crippen molar-refractivity contribution in [2.45, 2.75) is 65.0 Å². The van der Waals surface area contributed by atoms with Crippen LogP contribution in [0.3, 0.4) is 0 Å². The lowest BCUT2D eigenvalue weighted by molar-refractivity contribution is -0.142. The van der Waals surface area contributed by atoms with Crippen molar-refractivity contribution in [3.8, 4) is 0 Å². The summed E-state index contributed by atoms with van der Waals surface area (Å²) in [7, 11) is 0. The summed E-state index contributed by atoms with van der Waals surface area (Å²) < 4.78 is 0. The maximum absolute atomic E-state index is 11.9. The normalized spacial score (nSPS) is 21.1. The van der Waals surface area contributed by atoms with Gasteiger partial charge in [-0.25, -0.2) is 0 Å². The largest absolute Gasteiger partial charge is 0.480 e. The van der Waals surface area contributed by atoms with Crippen LogP contribution in [0.2, 0.25) is 0 Å². The quantitative estimate of drug-likeness (QED) is 0.714. The molecule has 1 rings (SSSR count). The fraction of sp³-hybridized carbons (Fsp3) is 0.867. The van der Waals surface area contributed by atoms with Crippen LogP contribution in [-0.2, 0) is 9.59 Å². The highest BCUT2D eigenvalue weighted by Crippen LogP contribution is 2.16. The maximum Gasteiger partial charge on any atom is 0.320 e. The summed E-state index contributed by atoms with van der Waals surface area (Å²) in [6.45, 7) is 7.31. The highest BCUT2D eigenvalue weighted by Gasteiger charge is 2.31. The third-order valence-corrected chi connectivity index (χ3v) is 3.82. The van der Waals surface area contributed by atoms with Crippen LogP contribution in [0.1, 0.15) is 52.9 Å². The number of aliphatic carboxylic acids is 1. The number of carbonyl (C=O) groups is 2. The first kappa shape index (κ1) is 17.0. The second-order valence-corrected chi connectivity index (χ2v) is 6.26. The summed E-state index contributed by atoms with van der Waals surface area (Å²) in [5.74, 6) is -0.186. The van der Waals surface area contributed by atoms with Crippen molar-refractivity contribution in [2.24, 2.45) is 5.92 Å². The highest BCUT2D eigenvalue weighted by molar-refractivity contribution is 5.80. The second kappa shape index (κ2) is 8.25. The van der Waals surface area contributed by atoms with Gasteiger partial charge in [-0.1, -0.05) is 26.7 Å². The molecule has 0 aromatic rings. The zero-order valence-corrected chi connectivity index (χ0v) is 12.9. The molecule has 2 atom stereocenters. The van der Waals surface area contributed by atoms with E-state index >= 15 is 0 Å². The number of likely N-dealkylation sites (tertiary alicyclic amines) is 1. The molecule has 0 bridgehead atoms. The van der Waals surface area contributed by atoms with E-state index in [-0.39, 0.29) is 18.5 Å². The van der Waals surface area contributed by atoms with Crippen molar-refractivity contribution >= 4 is 11.9 Å². The summed E-state index contributed by atoms with van der Waals surface area (Å²) >= 11 is 0. The third kappa shape index (κ3) is 5.90. The third-order valence-electron chi connectivity index (χ3n) is 3.82. The Labute approximate surface area is 121 Å². The number of nitrogens with one attached hydrogen (secondary N) is 1. The number of nitrogens with zero attached hydrogens (tertiary/aromatic N) is 1. The molecule has 0 saturated carbocycles. The van der Waals surface area contributed by atoms with Crippen molar-refractivity contribution in [3.05, 3.63) is 0 Å². The van der Waals surface area contributed by atoms with E-state index in [2.05, 4.69) is 19.2 Å². The molecule has 1 aliphatic heterocycles. The van der Waals surface area contributed by atoms with Crippen molar-refractivity contribution in [3.63, 3.8) is 0 Å². The van der Waals surface area contributed by atoms with Crippen molar-refractivity contribution in [1.29, 1.82) is 0 Å². The van der Waals surface area contributed by atoms with E-state index in [4.69, 9.17) is 5.11 Å². The van der Waals surface area contributed by atoms with Gasteiger partial charge in [0.25, 0.3) is 0 Å². The molecule has 5 heteroatoms. The summed E-state index contributed by atoms with van der Waals surface area (Å²) in [6.07, 6.45) is 4.76. The van der Waals surface area contributed by atoms with Gasteiger partial charge in [0.15, 0.2) is 0 Å². The minimum Gasteiger partial charge on any atom is -0.480 e. The van der Waals surface area contributed by atoms with Gasteiger partial charge in [0.2, 0.25) is 5.91 Å². The number of hydrogen-bond donors (Lipinski definition) is 2. The van der Waals surface area contributed by atoms with E-state index in [1.165, 1.54) is 6.42 Å². The lowest BCUT2D eigenvalue weighted by atomic mass is 10.0. The molecule has 2 unspecified atom stereocenters. The lowest BCUT2D eigenvalue weighted by Gasteiger charge is -2.22. The van der Waals surface area contributed by atoms with Crippen molar-refractivity contribution < 1.29 is 14.7 Å². The Hall–Kier alpha value is -1.10. The zero-order chi connectivity index (χ0) is 15.1. The fourth-order valence-corrected chi connectivity index (χ4v) is 2.70. The molecule has 2 N–H and O–H groups in total. The molecule has 0 spiro atoms. The Kier molecular flexibility index (Phi) is 6.99.